The van der Waals surface area contributed by atoms with E-state index in [-0.39, 0.29) is 0 Å². The molecule has 3 rings (SSSR count). The highest BCUT2D eigenvalue weighted by Crippen LogP contribution is 2.31. The lowest BCUT2D eigenvalue weighted by atomic mass is 9.89. The molecule has 0 aliphatic heterocycles. The Kier molecular flexibility index (Phi) is 2.28. The van der Waals surface area contributed by atoms with E-state index in [1.54, 1.807) is 0 Å². The van der Waals surface area contributed by atoms with Crippen LogP contribution in [-0.2, 0) is 12.8 Å². The smallest absolute Gasteiger partial charge is 0.00735 e. The Morgan fingerprint density at radius 3 is 2.94 bits per heavy atom. The molecular weight excluding hydrogens is 192 g/mol. The Balaban J connectivity index is 2.35. The van der Waals surface area contributed by atoms with Gasteiger partial charge >= 0.3 is 0 Å². The van der Waals surface area contributed by atoms with Crippen LogP contribution in [0.2, 0.25) is 0 Å². The summed E-state index contributed by atoms with van der Waals surface area (Å²) in [5, 5.41) is 2.87. The predicted octanol–water partition coefficient (Wildman–Crippen LogP) is 4.36. The van der Waals surface area contributed by atoms with Crippen LogP contribution in [0.3, 0.4) is 0 Å². The van der Waals surface area contributed by atoms with E-state index >= 15 is 0 Å². The van der Waals surface area contributed by atoms with Gasteiger partial charge in [-0.05, 0) is 40.3 Å². The van der Waals surface area contributed by atoms with Gasteiger partial charge in [0, 0.05) is 0 Å². The van der Waals surface area contributed by atoms with Crippen LogP contribution in [-0.4, -0.2) is 0 Å². The average molecular weight is 208 g/mol. The quantitative estimate of drug-likeness (QED) is 0.687. The van der Waals surface area contributed by atoms with Crippen molar-refractivity contribution < 1.29 is 0 Å². The zero-order valence-electron chi connectivity index (χ0n) is 9.66. The number of aryl methyl sites for hydroxylation is 1. The largest absolute Gasteiger partial charge is 0.0795 e. The van der Waals surface area contributed by atoms with Gasteiger partial charge in [0.05, 0.1) is 0 Å². The van der Waals surface area contributed by atoms with Crippen molar-refractivity contribution in [2.24, 2.45) is 0 Å². The number of hydrogen-bond acceptors (Lipinski definition) is 0. The first kappa shape index (κ1) is 9.65. The predicted molar refractivity (Wildman–Crippen MR) is 70.7 cm³/mol. The minimum absolute atomic E-state index is 1.08. The Morgan fingerprint density at radius 2 is 2.06 bits per heavy atom. The van der Waals surface area contributed by atoms with Crippen molar-refractivity contribution in [1.29, 1.82) is 0 Å². The van der Waals surface area contributed by atoms with Gasteiger partial charge < -0.3 is 0 Å². The molecule has 0 heteroatoms. The number of hydrogen-bond donors (Lipinski definition) is 0. The van der Waals surface area contributed by atoms with Crippen LogP contribution in [0.1, 0.15) is 30.0 Å². The lowest BCUT2D eigenvalue weighted by Crippen LogP contribution is -1.97. The molecule has 80 valence electrons. The third-order valence-corrected chi connectivity index (χ3v) is 3.40. The van der Waals surface area contributed by atoms with Crippen molar-refractivity contribution in [2.75, 3.05) is 0 Å². The fourth-order valence-corrected chi connectivity index (χ4v) is 2.68. The van der Waals surface area contributed by atoms with Gasteiger partial charge in [-0.2, -0.15) is 0 Å². The molecule has 0 nitrogen and oxygen atoms in total. The van der Waals surface area contributed by atoms with E-state index in [9.17, 15) is 0 Å². The first-order valence-corrected chi connectivity index (χ1v) is 6.10. The number of benzene rings is 2. The van der Waals surface area contributed by atoms with E-state index in [1.165, 1.54) is 40.3 Å². The summed E-state index contributed by atoms with van der Waals surface area (Å²) in [4.78, 5) is 0. The highest BCUT2D eigenvalue weighted by Gasteiger charge is 2.11. The second-order valence-corrected chi connectivity index (χ2v) is 4.51. The summed E-state index contributed by atoms with van der Waals surface area (Å²) >= 11 is 0. The van der Waals surface area contributed by atoms with E-state index in [0.29, 0.717) is 0 Å². The summed E-state index contributed by atoms with van der Waals surface area (Å²) in [6.07, 6.45) is 8.08. The molecule has 0 fully saturated rings. The van der Waals surface area contributed by atoms with Crippen LogP contribution in [0.25, 0.3) is 16.8 Å². The fourth-order valence-electron chi connectivity index (χ4n) is 2.68. The molecule has 0 aromatic heterocycles. The van der Waals surface area contributed by atoms with Crippen LogP contribution in [0.5, 0.6) is 0 Å². The maximum Gasteiger partial charge on any atom is -0.00735 e. The zero-order chi connectivity index (χ0) is 11.0. The third kappa shape index (κ3) is 1.37. The molecule has 0 radical (unpaired) electrons. The van der Waals surface area contributed by atoms with Gasteiger partial charge in [-0.25, -0.2) is 0 Å². The maximum absolute atomic E-state index is 2.31. The second-order valence-electron chi connectivity index (χ2n) is 4.51. The molecule has 2 aromatic rings. The normalized spacial score (nSPS) is 13.3. The van der Waals surface area contributed by atoms with Crippen LogP contribution in [0.15, 0.2) is 36.4 Å². The molecule has 16 heavy (non-hydrogen) atoms. The molecule has 0 atom stereocenters. The summed E-state index contributed by atoms with van der Waals surface area (Å²) in [6, 6.07) is 11.2. The van der Waals surface area contributed by atoms with Gasteiger partial charge in [-0.15, -0.1) is 0 Å². The van der Waals surface area contributed by atoms with Crippen molar-refractivity contribution in [3.63, 3.8) is 0 Å². The standard InChI is InChI=1S/C16H16/c1-2-5-12-10-11-14-7-3-6-13-8-4-9-15(12)16(13)14/h3-4,6-7,9-11H,2,5,8H2,1H3. The minimum atomic E-state index is 1.08. The zero-order valence-corrected chi connectivity index (χ0v) is 9.66. The van der Waals surface area contributed by atoms with E-state index < -0.39 is 0 Å². The molecule has 0 amide bonds. The van der Waals surface area contributed by atoms with Crippen LogP contribution in [0.4, 0.5) is 0 Å². The molecule has 0 heterocycles. The lowest BCUT2D eigenvalue weighted by molar-refractivity contribution is 0.921. The topological polar surface area (TPSA) is 0 Å². The van der Waals surface area contributed by atoms with Gasteiger partial charge in [0.1, 0.15) is 0 Å². The van der Waals surface area contributed by atoms with Gasteiger partial charge in [0.2, 0.25) is 0 Å². The molecule has 0 bridgehead atoms. The Labute approximate surface area is 96.6 Å². The average Bonchev–Trinajstić information content (AvgIpc) is 2.33. The van der Waals surface area contributed by atoms with Crippen molar-refractivity contribution in [1.82, 2.24) is 0 Å². The SMILES string of the molecule is CCCc1ccc2cccc3c2c1C=CC3. The summed E-state index contributed by atoms with van der Waals surface area (Å²) in [5.74, 6) is 0. The first-order chi connectivity index (χ1) is 7.90. The van der Waals surface area contributed by atoms with E-state index in [2.05, 4.69) is 49.4 Å². The summed E-state index contributed by atoms with van der Waals surface area (Å²) in [7, 11) is 0. The number of allylic oxidation sites excluding steroid dienone is 1. The van der Waals surface area contributed by atoms with Gasteiger partial charge in [-0.3, -0.25) is 0 Å². The summed E-state index contributed by atoms with van der Waals surface area (Å²) in [5.41, 5.74) is 4.44. The molecule has 0 N–H and O–H groups in total. The Morgan fingerprint density at radius 1 is 1.12 bits per heavy atom. The van der Waals surface area contributed by atoms with E-state index in [4.69, 9.17) is 0 Å². The fraction of sp³-hybridized carbons (Fsp3) is 0.250. The van der Waals surface area contributed by atoms with Gasteiger partial charge in [-0.1, -0.05) is 55.8 Å². The van der Waals surface area contributed by atoms with Crippen LogP contribution >= 0.6 is 0 Å². The lowest BCUT2D eigenvalue weighted by Gasteiger charge is -2.16. The van der Waals surface area contributed by atoms with Crippen molar-refractivity contribution in [3.05, 3.63) is 53.1 Å². The molecule has 0 unspecified atom stereocenters. The summed E-state index contributed by atoms with van der Waals surface area (Å²) in [6.45, 7) is 2.25. The second kappa shape index (κ2) is 3.79. The highest BCUT2D eigenvalue weighted by molar-refractivity contribution is 5.96. The molecule has 0 saturated heterocycles. The van der Waals surface area contributed by atoms with Crippen molar-refractivity contribution >= 4 is 16.8 Å². The van der Waals surface area contributed by atoms with Crippen LogP contribution in [0, 0.1) is 0 Å². The molecule has 2 aromatic carbocycles. The summed E-state index contributed by atoms with van der Waals surface area (Å²) < 4.78 is 0. The molecule has 1 aliphatic rings. The maximum atomic E-state index is 2.31. The monoisotopic (exact) mass is 208 g/mol. The molecular formula is C16H16. The van der Waals surface area contributed by atoms with Crippen molar-refractivity contribution in [3.8, 4) is 0 Å². The molecule has 0 saturated carbocycles. The Bertz CT molecular complexity index is 562. The van der Waals surface area contributed by atoms with E-state index in [1.807, 2.05) is 0 Å². The highest BCUT2D eigenvalue weighted by atomic mass is 14.1. The molecule has 1 aliphatic carbocycles. The number of rotatable bonds is 2. The minimum Gasteiger partial charge on any atom is -0.0795 e. The molecule has 0 spiro atoms. The van der Waals surface area contributed by atoms with Gasteiger partial charge in [0.25, 0.3) is 0 Å². The van der Waals surface area contributed by atoms with Crippen molar-refractivity contribution in [2.45, 2.75) is 26.2 Å². The van der Waals surface area contributed by atoms with E-state index in [0.717, 1.165) is 6.42 Å². The third-order valence-electron chi connectivity index (χ3n) is 3.40. The van der Waals surface area contributed by atoms with Gasteiger partial charge in [0.15, 0.2) is 0 Å². The Hall–Kier alpha value is -1.56. The first-order valence-electron chi connectivity index (χ1n) is 6.10. The van der Waals surface area contributed by atoms with Crippen LogP contribution < -0.4 is 0 Å².